The molecule has 0 radical (unpaired) electrons. The van der Waals surface area contributed by atoms with Gasteiger partial charge in [0.15, 0.2) is 11.5 Å². The van der Waals surface area contributed by atoms with Crippen molar-refractivity contribution < 1.29 is 19.0 Å². The second-order valence-corrected chi connectivity index (χ2v) is 9.88. The molecular formula is C24H31N5O4. The number of nitrogen functional groups attached to an aromatic ring is 1. The zero-order valence-electron chi connectivity index (χ0n) is 19.2. The van der Waals surface area contributed by atoms with E-state index in [-0.39, 0.29) is 5.41 Å². The summed E-state index contributed by atoms with van der Waals surface area (Å²) in [4.78, 5) is 27.2. The number of amides is 1. The van der Waals surface area contributed by atoms with Gasteiger partial charge < -0.3 is 29.7 Å². The molecule has 4 aliphatic rings. The minimum Gasteiger partial charge on any atom is -0.493 e. The first kappa shape index (κ1) is 20.8. The van der Waals surface area contributed by atoms with E-state index in [2.05, 4.69) is 14.8 Å². The maximum Gasteiger partial charge on any atom is 0.229 e. The van der Waals surface area contributed by atoms with Crippen molar-refractivity contribution in [2.24, 2.45) is 17.3 Å². The molecule has 9 nitrogen and oxygen atoms in total. The maximum absolute atomic E-state index is 13.7. The minimum atomic E-state index is -0.187. The van der Waals surface area contributed by atoms with E-state index >= 15 is 0 Å². The predicted molar refractivity (Wildman–Crippen MR) is 123 cm³/mol. The lowest BCUT2D eigenvalue weighted by molar-refractivity contribution is -0.163. The van der Waals surface area contributed by atoms with Crippen molar-refractivity contribution in [3.8, 4) is 11.5 Å². The Morgan fingerprint density at radius 1 is 1.12 bits per heavy atom. The first-order valence-corrected chi connectivity index (χ1v) is 11.9. The van der Waals surface area contributed by atoms with Gasteiger partial charge in [-0.15, -0.1) is 0 Å². The summed E-state index contributed by atoms with van der Waals surface area (Å²) in [5.74, 6) is 3.61. The van der Waals surface area contributed by atoms with Crippen LogP contribution in [0.1, 0.15) is 25.7 Å². The molecular weight excluding hydrogens is 422 g/mol. The third-order valence-corrected chi connectivity index (χ3v) is 8.34. The van der Waals surface area contributed by atoms with Gasteiger partial charge in [0.25, 0.3) is 0 Å². The van der Waals surface area contributed by atoms with Crippen LogP contribution < -0.4 is 20.1 Å². The van der Waals surface area contributed by atoms with Crippen molar-refractivity contribution in [2.75, 3.05) is 57.6 Å². The largest absolute Gasteiger partial charge is 0.493 e. The quantitative estimate of drug-likeness (QED) is 0.751. The zero-order chi connectivity index (χ0) is 22.7. The second kappa shape index (κ2) is 7.62. The lowest BCUT2D eigenvalue weighted by Gasteiger charge is -2.48. The van der Waals surface area contributed by atoms with Gasteiger partial charge in [-0.2, -0.15) is 4.98 Å². The number of aromatic nitrogens is 2. The van der Waals surface area contributed by atoms with Crippen molar-refractivity contribution in [1.82, 2.24) is 14.9 Å². The molecule has 2 aliphatic heterocycles. The average Bonchev–Trinajstić information content (AvgIpc) is 3.43. The standard InChI is InChI=1S/C24H31N5O4/c1-31-19-11-15-17(12-20(19)32-2)26-23(27-21(15)25)29-6-4-28(5-7-29)22(30)24-3-8-33-18-10-14(13-24)9-16(18)24/h11-12,14,16,18H,3-10,13H2,1-2H3,(H2,25,26,27). The third-order valence-electron chi connectivity index (χ3n) is 8.34. The number of fused-ring (bicyclic) bond motifs is 2. The normalized spacial score (nSPS) is 30.7. The molecule has 9 heteroatoms. The van der Waals surface area contributed by atoms with Gasteiger partial charge in [0, 0.05) is 44.2 Å². The molecule has 1 aromatic heterocycles. The predicted octanol–water partition coefficient (Wildman–Crippen LogP) is 2.08. The fraction of sp³-hybridized carbons (Fsp3) is 0.625. The second-order valence-electron chi connectivity index (χ2n) is 9.88. The van der Waals surface area contributed by atoms with Crippen LogP contribution in [0.2, 0.25) is 0 Å². The number of benzene rings is 1. The summed E-state index contributed by atoms with van der Waals surface area (Å²) >= 11 is 0. The van der Waals surface area contributed by atoms with Gasteiger partial charge in [-0.1, -0.05) is 0 Å². The van der Waals surface area contributed by atoms with Crippen LogP contribution in [-0.2, 0) is 9.53 Å². The molecule has 2 bridgehead atoms. The van der Waals surface area contributed by atoms with Crippen molar-refractivity contribution in [3.05, 3.63) is 12.1 Å². The van der Waals surface area contributed by atoms with Gasteiger partial charge in [-0.25, -0.2) is 4.98 Å². The number of nitrogens with two attached hydrogens (primary N) is 1. The van der Waals surface area contributed by atoms with Crippen LogP contribution in [0.25, 0.3) is 10.9 Å². The Morgan fingerprint density at radius 2 is 1.88 bits per heavy atom. The smallest absolute Gasteiger partial charge is 0.229 e. The average molecular weight is 454 g/mol. The number of carbonyl (C=O) groups excluding carboxylic acids is 1. The molecule has 2 aliphatic carbocycles. The Morgan fingerprint density at radius 3 is 2.61 bits per heavy atom. The van der Waals surface area contributed by atoms with Crippen molar-refractivity contribution in [3.63, 3.8) is 0 Å². The fourth-order valence-electron chi connectivity index (χ4n) is 6.76. The molecule has 4 atom stereocenters. The van der Waals surface area contributed by atoms with E-state index in [1.54, 1.807) is 20.3 Å². The van der Waals surface area contributed by atoms with E-state index in [0.29, 0.717) is 78.8 Å². The highest BCUT2D eigenvalue weighted by atomic mass is 16.5. The molecule has 2 saturated carbocycles. The first-order valence-electron chi connectivity index (χ1n) is 11.9. The van der Waals surface area contributed by atoms with Gasteiger partial charge in [-0.3, -0.25) is 4.79 Å². The number of carbonyl (C=O) groups is 1. The zero-order valence-corrected chi connectivity index (χ0v) is 19.2. The number of anilines is 2. The summed E-state index contributed by atoms with van der Waals surface area (Å²) in [6, 6.07) is 3.63. The van der Waals surface area contributed by atoms with Crippen LogP contribution in [-0.4, -0.2) is 73.9 Å². The van der Waals surface area contributed by atoms with Crippen LogP contribution >= 0.6 is 0 Å². The van der Waals surface area contributed by atoms with Gasteiger partial charge in [0.1, 0.15) is 5.82 Å². The molecule has 1 aromatic carbocycles. The van der Waals surface area contributed by atoms with Gasteiger partial charge in [-0.05, 0) is 43.6 Å². The van der Waals surface area contributed by atoms with E-state index in [4.69, 9.17) is 24.9 Å². The van der Waals surface area contributed by atoms with E-state index in [9.17, 15) is 4.79 Å². The van der Waals surface area contributed by atoms with Crippen molar-refractivity contribution >= 4 is 28.6 Å². The number of rotatable bonds is 4. The van der Waals surface area contributed by atoms with E-state index in [1.165, 1.54) is 0 Å². The van der Waals surface area contributed by atoms with Crippen LogP contribution in [0.15, 0.2) is 12.1 Å². The van der Waals surface area contributed by atoms with Crippen molar-refractivity contribution in [2.45, 2.75) is 31.8 Å². The molecule has 2 saturated heterocycles. The van der Waals surface area contributed by atoms with Crippen LogP contribution in [0, 0.1) is 17.3 Å². The van der Waals surface area contributed by atoms with E-state index < -0.39 is 0 Å². The van der Waals surface area contributed by atoms with Gasteiger partial charge in [0.05, 0.1) is 31.3 Å². The maximum atomic E-state index is 13.7. The molecule has 1 amide bonds. The highest BCUT2D eigenvalue weighted by molar-refractivity contribution is 5.92. The fourth-order valence-corrected chi connectivity index (χ4v) is 6.76. The first-order chi connectivity index (χ1) is 16.0. The molecule has 4 unspecified atom stereocenters. The monoisotopic (exact) mass is 453 g/mol. The highest BCUT2D eigenvalue weighted by Gasteiger charge is 2.62. The van der Waals surface area contributed by atoms with Crippen molar-refractivity contribution in [1.29, 1.82) is 0 Å². The lowest BCUT2D eigenvalue weighted by atomic mass is 9.67. The summed E-state index contributed by atoms with van der Waals surface area (Å²) < 4.78 is 16.8. The van der Waals surface area contributed by atoms with E-state index in [0.717, 1.165) is 37.7 Å². The Hall–Kier alpha value is -2.81. The third kappa shape index (κ3) is 3.12. The molecule has 33 heavy (non-hydrogen) atoms. The molecule has 0 spiro atoms. The summed E-state index contributed by atoms with van der Waals surface area (Å²) in [5, 5.41) is 0.731. The summed E-state index contributed by atoms with van der Waals surface area (Å²) in [5.41, 5.74) is 6.80. The molecule has 2 aromatic rings. The van der Waals surface area contributed by atoms with E-state index in [1.807, 2.05) is 6.07 Å². The number of hydrogen-bond acceptors (Lipinski definition) is 8. The molecule has 6 rings (SSSR count). The molecule has 4 fully saturated rings. The van der Waals surface area contributed by atoms with Crippen LogP contribution in [0.5, 0.6) is 11.5 Å². The number of hydrogen-bond donors (Lipinski definition) is 1. The Kier molecular flexibility index (Phi) is 4.79. The Bertz CT molecular complexity index is 1100. The Balaban J connectivity index is 1.20. The molecule has 3 heterocycles. The van der Waals surface area contributed by atoms with Gasteiger partial charge >= 0.3 is 0 Å². The lowest BCUT2D eigenvalue weighted by Crippen LogP contribution is -2.57. The minimum absolute atomic E-state index is 0.187. The number of methoxy groups -OCH3 is 2. The van der Waals surface area contributed by atoms with Gasteiger partial charge in [0.2, 0.25) is 11.9 Å². The SMILES string of the molecule is COc1cc2nc(N3CCN(C(=O)C45CCOC6CC(CC64)C5)CC3)nc(N)c2cc1OC. The summed E-state index contributed by atoms with van der Waals surface area (Å²) in [7, 11) is 3.19. The topological polar surface area (TPSA) is 103 Å². The van der Waals surface area contributed by atoms with Crippen LogP contribution in [0.4, 0.5) is 11.8 Å². The highest BCUT2D eigenvalue weighted by Crippen LogP contribution is 2.61. The summed E-state index contributed by atoms with van der Waals surface area (Å²) in [6.45, 7) is 3.45. The number of piperazine rings is 1. The molecule has 2 N–H and O–H groups in total. The summed E-state index contributed by atoms with van der Waals surface area (Å²) in [6.07, 6.45) is 4.53. The number of nitrogens with zero attached hydrogens (tertiary/aromatic N) is 4. The molecule has 176 valence electrons. The van der Waals surface area contributed by atoms with Crippen LogP contribution in [0.3, 0.4) is 0 Å². The Labute approximate surface area is 193 Å². The number of ether oxygens (including phenoxy) is 3.